The molecule has 5 nitrogen and oxygen atoms in total. The summed E-state index contributed by atoms with van der Waals surface area (Å²) < 4.78 is 45.6. The van der Waals surface area contributed by atoms with E-state index in [0.717, 1.165) is 4.90 Å². The first-order chi connectivity index (χ1) is 13.4. The third-order valence-electron chi connectivity index (χ3n) is 4.75. The number of rotatable bonds is 4. The summed E-state index contributed by atoms with van der Waals surface area (Å²) in [6.07, 6.45) is -5.15. The third kappa shape index (κ3) is 3.21. The van der Waals surface area contributed by atoms with Crippen LogP contribution in [-0.2, 0) is 5.41 Å². The molecule has 1 aromatic heterocycles. The lowest BCUT2D eigenvalue weighted by atomic mass is 10.0. The zero-order valence-electron chi connectivity index (χ0n) is 14.6. The number of anilines is 2. The van der Waals surface area contributed by atoms with E-state index in [1.807, 2.05) is 0 Å². The Labute approximate surface area is 158 Å². The van der Waals surface area contributed by atoms with Gasteiger partial charge in [-0.15, -0.1) is 0 Å². The van der Waals surface area contributed by atoms with Gasteiger partial charge in [-0.3, -0.25) is 5.10 Å². The van der Waals surface area contributed by atoms with Crippen LogP contribution in [0.1, 0.15) is 18.5 Å². The van der Waals surface area contributed by atoms with Crippen LogP contribution in [0.2, 0.25) is 0 Å². The zero-order valence-corrected chi connectivity index (χ0v) is 14.6. The van der Waals surface area contributed by atoms with E-state index in [4.69, 9.17) is 4.74 Å². The van der Waals surface area contributed by atoms with Gasteiger partial charge in [0, 0.05) is 6.07 Å². The molecule has 1 amide bonds. The van der Waals surface area contributed by atoms with Crippen LogP contribution in [0.25, 0.3) is 0 Å². The first-order valence-corrected chi connectivity index (χ1v) is 8.65. The van der Waals surface area contributed by atoms with Crippen molar-refractivity contribution in [3.8, 4) is 5.75 Å². The summed E-state index contributed by atoms with van der Waals surface area (Å²) in [5.41, 5.74) is -1.54. The molecule has 0 atom stereocenters. The fraction of sp³-hybridized carbons (Fsp3) is 0.200. The van der Waals surface area contributed by atoms with Crippen LogP contribution in [0.3, 0.4) is 0 Å². The van der Waals surface area contributed by atoms with E-state index >= 15 is 0 Å². The van der Waals surface area contributed by atoms with E-state index in [0.29, 0.717) is 11.4 Å². The summed E-state index contributed by atoms with van der Waals surface area (Å²) in [4.78, 5) is 14.0. The molecule has 0 aliphatic heterocycles. The van der Waals surface area contributed by atoms with Crippen LogP contribution in [-0.4, -0.2) is 22.5 Å². The molecule has 0 spiro atoms. The maximum absolute atomic E-state index is 13.4. The van der Waals surface area contributed by atoms with Crippen LogP contribution in [0, 0.1) is 0 Å². The first-order valence-electron chi connectivity index (χ1n) is 8.65. The fourth-order valence-corrected chi connectivity index (χ4v) is 3.04. The molecule has 4 rings (SSSR count). The SMILES string of the molecule is O=C(Oc1ccccc1)N(c1ccccc1)c1cc(C2(C(F)(F)F)CC2)[nH]n1. The van der Waals surface area contributed by atoms with Gasteiger partial charge in [-0.2, -0.15) is 18.3 Å². The number of ether oxygens (including phenoxy) is 1. The van der Waals surface area contributed by atoms with Crippen LogP contribution in [0.5, 0.6) is 5.75 Å². The molecule has 1 N–H and O–H groups in total. The highest BCUT2D eigenvalue weighted by molar-refractivity contribution is 5.96. The second-order valence-corrected chi connectivity index (χ2v) is 6.57. The van der Waals surface area contributed by atoms with Crippen LogP contribution >= 0.6 is 0 Å². The molecule has 1 aliphatic rings. The highest BCUT2D eigenvalue weighted by Crippen LogP contribution is 2.58. The molecular formula is C20H16F3N3O2. The number of alkyl halides is 3. The third-order valence-corrected chi connectivity index (χ3v) is 4.75. The van der Waals surface area contributed by atoms with E-state index in [9.17, 15) is 18.0 Å². The molecule has 1 aliphatic carbocycles. The van der Waals surface area contributed by atoms with E-state index in [2.05, 4.69) is 10.2 Å². The zero-order chi connectivity index (χ0) is 19.8. The molecule has 1 heterocycles. The van der Waals surface area contributed by atoms with Gasteiger partial charge in [0.15, 0.2) is 5.82 Å². The summed E-state index contributed by atoms with van der Waals surface area (Å²) in [5, 5.41) is 6.44. The summed E-state index contributed by atoms with van der Waals surface area (Å²) in [6.45, 7) is 0. The lowest BCUT2D eigenvalue weighted by molar-refractivity contribution is -0.161. The number of para-hydroxylation sites is 2. The van der Waals surface area contributed by atoms with Gasteiger partial charge >= 0.3 is 12.3 Å². The second-order valence-electron chi connectivity index (χ2n) is 6.57. The lowest BCUT2D eigenvalue weighted by Crippen LogP contribution is -2.30. The molecule has 1 saturated carbocycles. The normalized spacial score (nSPS) is 15.1. The Morgan fingerprint density at radius 1 is 1.04 bits per heavy atom. The Balaban J connectivity index is 1.68. The van der Waals surface area contributed by atoms with E-state index in [1.165, 1.54) is 6.07 Å². The number of carbonyl (C=O) groups excluding carboxylic acids is 1. The standard InChI is InChI=1S/C20H16F3N3O2/c21-20(22,23)19(11-12-19)16-13-17(25-24-16)26(14-7-3-1-4-8-14)18(27)28-15-9-5-2-6-10-15/h1-10,13H,11-12H2,(H,24,25). The molecule has 3 aromatic rings. The molecule has 0 radical (unpaired) electrons. The fourth-order valence-electron chi connectivity index (χ4n) is 3.04. The van der Waals surface area contributed by atoms with E-state index in [1.54, 1.807) is 60.7 Å². The van der Waals surface area contributed by atoms with Gasteiger partial charge in [-0.05, 0) is 37.1 Å². The first kappa shape index (κ1) is 18.1. The molecular weight excluding hydrogens is 371 g/mol. The van der Waals surface area contributed by atoms with Crippen molar-refractivity contribution >= 4 is 17.6 Å². The molecule has 0 unspecified atom stereocenters. The van der Waals surface area contributed by atoms with Gasteiger partial charge in [0.25, 0.3) is 0 Å². The minimum atomic E-state index is -4.38. The Hall–Kier alpha value is -3.29. The van der Waals surface area contributed by atoms with Crippen LogP contribution in [0.4, 0.5) is 29.5 Å². The number of aromatic nitrogens is 2. The Kier molecular flexibility index (Phi) is 4.33. The highest BCUT2D eigenvalue weighted by Gasteiger charge is 2.65. The Bertz CT molecular complexity index is 967. The number of aromatic amines is 1. The Morgan fingerprint density at radius 3 is 2.21 bits per heavy atom. The lowest BCUT2D eigenvalue weighted by Gasteiger charge is -2.20. The Morgan fingerprint density at radius 2 is 1.64 bits per heavy atom. The molecule has 144 valence electrons. The van der Waals surface area contributed by atoms with Crippen LogP contribution in [0.15, 0.2) is 66.7 Å². The van der Waals surface area contributed by atoms with Gasteiger partial charge in [-0.25, -0.2) is 9.69 Å². The quantitative estimate of drug-likeness (QED) is 0.657. The van der Waals surface area contributed by atoms with E-state index in [-0.39, 0.29) is 24.4 Å². The summed E-state index contributed by atoms with van der Waals surface area (Å²) in [6, 6.07) is 18.2. The predicted molar refractivity (Wildman–Crippen MR) is 96.6 cm³/mol. The predicted octanol–water partition coefficient (Wildman–Crippen LogP) is 5.34. The highest BCUT2D eigenvalue weighted by atomic mass is 19.4. The van der Waals surface area contributed by atoms with Crippen molar-refractivity contribution in [2.24, 2.45) is 0 Å². The minimum absolute atomic E-state index is 0.00205. The van der Waals surface area contributed by atoms with Crippen LogP contribution < -0.4 is 9.64 Å². The largest absolute Gasteiger partial charge is 0.425 e. The summed E-state index contributed by atoms with van der Waals surface area (Å²) in [7, 11) is 0. The van der Waals surface area contributed by atoms with Gasteiger partial charge in [-0.1, -0.05) is 36.4 Å². The number of carbonyl (C=O) groups is 1. The topological polar surface area (TPSA) is 58.2 Å². The molecule has 2 aromatic carbocycles. The number of benzene rings is 2. The van der Waals surface area contributed by atoms with Crippen molar-refractivity contribution in [2.45, 2.75) is 24.4 Å². The number of hydrogen-bond acceptors (Lipinski definition) is 3. The van der Waals surface area contributed by atoms with Crippen molar-refractivity contribution in [1.82, 2.24) is 10.2 Å². The summed E-state index contributed by atoms with van der Waals surface area (Å²) in [5.74, 6) is 0.357. The minimum Gasteiger partial charge on any atom is -0.410 e. The number of amides is 1. The van der Waals surface area contributed by atoms with Crippen molar-refractivity contribution in [3.63, 3.8) is 0 Å². The molecule has 0 bridgehead atoms. The number of hydrogen-bond donors (Lipinski definition) is 1. The summed E-state index contributed by atoms with van der Waals surface area (Å²) >= 11 is 0. The average Bonchev–Trinajstić information content (AvgIpc) is 3.37. The molecule has 1 fully saturated rings. The maximum Gasteiger partial charge on any atom is 0.425 e. The van der Waals surface area contributed by atoms with Gasteiger partial charge in [0.1, 0.15) is 11.2 Å². The van der Waals surface area contributed by atoms with Gasteiger partial charge in [0.2, 0.25) is 0 Å². The van der Waals surface area contributed by atoms with Gasteiger partial charge < -0.3 is 4.74 Å². The molecule has 28 heavy (non-hydrogen) atoms. The second kappa shape index (κ2) is 6.70. The smallest absolute Gasteiger partial charge is 0.410 e. The van der Waals surface area contributed by atoms with Crippen molar-refractivity contribution in [1.29, 1.82) is 0 Å². The van der Waals surface area contributed by atoms with E-state index < -0.39 is 17.7 Å². The number of halogens is 3. The number of nitrogens with zero attached hydrogens (tertiary/aromatic N) is 2. The monoisotopic (exact) mass is 387 g/mol. The number of nitrogens with one attached hydrogen (secondary N) is 1. The molecule has 0 saturated heterocycles. The number of H-pyrrole nitrogens is 1. The maximum atomic E-state index is 13.4. The van der Waals surface area contributed by atoms with Crippen molar-refractivity contribution in [3.05, 3.63) is 72.4 Å². The molecule has 8 heteroatoms. The van der Waals surface area contributed by atoms with Crippen molar-refractivity contribution in [2.75, 3.05) is 4.90 Å². The van der Waals surface area contributed by atoms with Gasteiger partial charge in [0.05, 0.1) is 11.4 Å². The van der Waals surface area contributed by atoms with Crippen molar-refractivity contribution < 1.29 is 22.7 Å². The average molecular weight is 387 g/mol.